The van der Waals surface area contributed by atoms with Crippen molar-refractivity contribution in [2.75, 3.05) is 6.54 Å². The molecule has 5 amide bonds. The molecule has 2 atom stereocenters. The van der Waals surface area contributed by atoms with Crippen LogP contribution in [0.4, 0.5) is 4.79 Å². The summed E-state index contributed by atoms with van der Waals surface area (Å²) in [4.78, 5) is 51.4. The highest BCUT2D eigenvalue weighted by Crippen LogP contribution is 2.46. The number of nitrogens with zero attached hydrogens (tertiary/aromatic N) is 3. The summed E-state index contributed by atoms with van der Waals surface area (Å²) >= 11 is 0. The number of amides is 5. The first-order valence-corrected chi connectivity index (χ1v) is 11.1. The Hall–Kier alpha value is -3.89. The predicted molar refractivity (Wildman–Crippen MR) is 121 cm³/mol. The van der Waals surface area contributed by atoms with E-state index in [0.29, 0.717) is 18.5 Å². The predicted octanol–water partition coefficient (Wildman–Crippen LogP) is 1.48. The van der Waals surface area contributed by atoms with Gasteiger partial charge in [-0.15, -0.1) is 0 Å². The van der Waals surface area contributed by atoms with E-state index in [9.17, 15) is 24.3 Å². The largest absolute Gasteiger partial charge is 0.504 e. The average molecular weight is 469 g/mol. The summed E-state index contributed by atoms with van der Waals surface area (Å²) in [5.74, 6) is -2.18. The molecule has 180 valence electrons. The van der Waals surface area contributed by atoms with Crippen molar-refractivity contribution < 1.29 is 24.3 Å². The summed E-state index contributed by atoms with van der Waals surface area (Å²) in [6, 6.07) is 8.24. The second-order valence-electron chi connectivity index (χ2n) is 9.90. The Balaban J connectivity index is 1.37. The number of aromatic hydroxyl groups is 1. The first-order chi connectivity index (χ1) is 16.0. The Morgan fingerprint density at radius 2 is 1.88 bits per heavy atom. The zero-order valence-corrected chi connectivity index (χ0v) is 19.3. The average Bonchev–Trinajstić information content (AvgIpc) is 3.24. The number of carbonyl (C=O) groups is 4. The molecule has 1 saturated carbocycles. The maximum Gasteiger partial charge on any atom is 0.325 e. The van der Waals surface area contributed by atoms with Gasteiger partial charge in [0.2, 0.25) is 0 Å². The van der Waals surface area contributed by atoms with Crippen LogP contribution < -0.4 is 16.2 Å². The van der Waals surface area contributed by atoms with Gasteiger partial charge in [-0.05, 0) is 42.7 Å². The van der Waals surface area contributed by atoms with Crippen molar-refractivity contribution >= 4 is 23.8 Å². The summed E-state index contributed by atoms with van der Waals surface area (Å²) < 4.78 is 1.32. The van der Waals surface area contributed by atoms with E-state index in [4.69, 9.17) is 0 Å². The highest BCUT2D eigenvalue weighted by molar-refractivity contribution is 6.09. The number of para-hydroxylation sites is 1. The fraction of sp³-hybridized carbons (Fsp3) is 0.435. The lowest BCUT2D eigenvalue weighted by atomic mass is 9.64. The standard InChI is InChI=1S/C23H28N6O5/c1-14-9-22(2,3)13-23(10-14)20(33)28(21(34)24-23)12-17(31)25-26-19(32)18-16(30)11-29(27-18)15-7-5-4-6-8-15/h4-8,11,14,30H,9-10,12-13H2,1-3H3,(H,24,34)(H,25,31)(H,26,32). The van der Waals surface area contributed by atoms with E-state index in [1.54, 1.807) is 24.3 Å². The molecule has 1 saturated heterocycles. The van der Waals surface area contributed by atoms with Crippen LogP contribution in [-0.2, 0) is 9.59 Å². The summed E-state index contributed by atoms with van der Waals surface area (Å²) in [5, 5.41) is 16.9. The minimum absolute atomic E-state index is 0.127. The van der Waals surface area contributed by atoms with Crippen LogP contribution in [0.2, 0.25) is 0 Å². The molecular formula is C23H28N6O5. The number of urea groups is 1. The highest BCUT2D eigenvalue weighted by atomic mass is 16.3. The van der Waals surface area contributed by atoms with Crippen molar-refractivity contribution in [3.8, 4) is 11.4 Å². The normalized spacial score (nSPS) is 23.6. The van der Waals surface area contributed by atoms with E-state index in [1.807, 2.05) is 13.0 Å². The first kappa shape index (κ1) is 23.3. The number of hydrogen-bond acceptors (Lipinski definition) is 6. The second-order valence-corrected chi connectivity index (χ2v) is 9.90. The number of imide groups is 1. The van der Waals surface area contributed by atoms with Gasteiger partial charge in [0.05, 0.1) is 11.9 Å². The summed E-state index contributed by atoms with van der Waals surface area (Å²) in [6.45, 7) is 5.61. The zero-order chi connectivity index (χ0) is 24.7. The molecule has 1 aromatic carbocycles. The van der Waals surface area contributed by atoms with Gasteiger partial charge < -0.3 is 10.4 Å². The van der Waals surface area contributed by atoms with Gasteiger partial charge in [-0.3, -0.25) is 30.1 Å². The molecule has 2 heterocycles. The molecule has 11 nitrogen and oxygen atoms in total. The fourth-order valence-corrected chi connectivity index (χ4v) is 5.26. The van der Waals surface area contributed by atoms with Crippen molar-refractivity contribution in [1.29, 1.82) is 0 Å². The minimum atomic E-state index is -1.02. The Morgan fingerprint density at radius 3 is 2.56 bits per heavy atom. The van der Waals surface area contributed by atoms with E-state index in [2.05, 4.69) is 35.1 Å². The van der Waals surface area contributed by atoms with Gasteiger partial charge in [0, 0.05) is 0 Å². The lowest BCUT2D eigenvalue weighted by Crippen LogP contribution is -2.54. The smallest absolute Gasteiger partial charge is 0.325 e. The molecule has 11 heteroatoms. The van der Waals surface area contributed by atoms with Gasteiger partial charge in [-0.2, -0.15) is 5.10 Å². The molecule has 1 spiro atoms. The van der Waals surface area contributed by atoms with Crippen LogP contribution in [-0.4, -0.2) is 55.6 Å². The van der Waals surface area contributed by atoms with Crippen LogP contribution in [0.15, 0.2) is 36.5 Å². The van der Waals surface area contributed by atoms with Crippen molar-refractivity contribution in [2.45, 2.75) is 45.6 Å². The van der Waals surface area contributed by atoms with E-state index in [-0.39, 0.29) is 22.8 Å². The lowest BCUT2D eigenvalue weighted by Gasteiger charge is -2.43. The number of hydrogen-bond donors (Lipinski definition) is 4. The van der Waals surface area contributed by atoms with Gasteiger partial charge in [-0.25, -0.2) is 9.48 Å². The Bertz CT molecular complexity index is 1140. The summed E-state index contributed by atoms with van der Waals surface area (Å²) in [5.41, 5.74) is 3.52. The minimum Gasteiger partial charge on any atom is -0.504 e. The second kappa shape index (κ2) is 8.47. The lowest BCUT2D eigenvalue weighted by molar-refractivity contribution is -0.137. The van der Waals surface area contributed by atoms with Crippen molar-refractivity contribution in [2.24, 2.45) is 11.3 Å². The molecule has 0 radical (unpaired) electrons. The number of benzene rings is 1. The number of hydrazine groups is 1. The molecule has 1 aliphatic heterocycles. The Kier molecular flexibility index (Phi) is 5.80. The third kappa shape index (κ3) is 4.45. The number of rotatable bonds is 4. The number of carbonyl (C=O) groups excluding carboxylic acids is 4. The van der Waals surface area contributed by atoms with Crippen LogP contribution >= 0.6 is 0 Å². The monoisotopic (exact) mass is 468 g/mol. The van der Waals surface area contributed by atoms with E-state index >= 15 is 0 Å². The number of aromatic nitrogens is 2. The summed E-state index contributed by atoms with van der Waals surface area (Å²) in [6.07, 6.45) is 3.22. The summed E-state index contributed by atoms with van der Waals surface area (Å²) in [7, 11) is 0. The van der Waals surface area contributed by atoms with Crippen LogP contribution in [0.1, 0.15) is 50.5 Å². The molecule has 0 bridgehead atoms. The van der Waals surface area contributed by atoms with E-state index in [1.165, 1.54) is 10.9 Å². The molecule has 4 rings (SSSR count). The van der Waals surface area contributed by atoms with E-state index < -0.39 is 35.8 Å². The van der Waals surface area contributed by atoms with E-state index in [0.717, 1.165) is 11.3 Å². The Morgan fingerprint density at radius 1 is 1.18 bits per heavy atom. The van der Waals surface area contributed by atoms with Crippen LogP contribution in [0.5, 0.6) is 5.75 Å². The van der Waals surface area contributed by atoms with Crippen LogP contribution in [0.3, 0.4) is 0 Å². The quantitative estimate of drug-likeness (QED) is 0.395. The zero-order valence-electron chi connectivity index (χ0n) is 19.3. The molecule has 1 aliphatic carbocycles. The van der Waals surface area contributed by atoms with Crippen molar-refractivity contribution in [1.82, 2.24) is 30.8 Å². The molecule has 4 N–H and O–H groups in total. The van der Waals surface area contributed by atoms with Crippen LogP contribution in [0.25, 0.3) is 5.69 Å². The third-order valence-electron chi connectivity index (χ3n) is 6.17. The van der Waals surface area contributed by atoms with Gasteiger partial charge >= 0.3 is 6.03 Å². The Labute approximate surface area is 196 Å². The molecule has 2 unspecified atom stereocenters. The molecule has 2 aliphatic rings. The van der Waals surface area contributed by atoms with Crippen molar-refractivity contribution in [3.63, 3.8) is 0 Å². The fourth-order valence-electron chi connectivity index (χ4n) is 5.26. The molecular weight excluding hydrogens is 440 g/mol. The maximum atomic E-state index is 13.1. The molecule has 2 fully saturated rings. The third-order valence-corrected chi connectivity index (χ3v) is 6.17. The molecule has 1 aromatic heterocycles. The first-order valence-electron chi connectivity index (χ1n) is 11.1. The SMILES string of the molecule is CC1CC(C)(C)CC2(C1)NC(=O)N(CC(=O)NNC(=O)c1nn(-c3ccccc3)cc1O)C2=O. The number of nitrogens with one attached hydrogen (secondary N) is 3. The van der Waals surface area contributed by atoms with Gasteiger partial charge in [0.25, 0.3) is 17.7 Å². The molecule has 2 aromatic rings. The van der Waals surface area contributed by atoms with Gasteiger partial charge in [0.15, 0.2) is 11.4 Å². The van der Waals surface area contributed by atoms with Gasteiger partial charge in [0.1, 0.15) is 12.1 Å². The highest BCUT2D eigenvalue weighted by Gasteiger charge is 2.56. The van der Waals surface area contributed by atoms with Gasteiger partial charge in [-0.1, -0.05) is 39.0 Å². The molecule has 34 heavy (non-hydrogen) atoms. The maximum absolute atomic E-state index is 13.1. The topological polar surface area (TPSA) is 146 Å². The van der Waals surface area contributed by atoms with Crippen LogP contribution in [0, 0.1) is 11.3 Å². The van der Waals surface area contributed by atoms with Crippen molar-refractivity contribution in [3.05, 3.63) is 42.2 Å².